The number of likely N-dealkylation sites (N-methyl/N-ethyl adjacent to an activating group) is 1. The van der Waals surface area contributed by atoms with Crippen LogP contribution < -0.4 is 14.8 Å². The van der Waals surface area contributed by atoms with Crippen LogP contribution in [0.15, 0.2) is 36.5 Å². The molecular formula is C21H30ClN3O2. The Bertz CT molecular complexity index is 676. The first-order valence-electron chi connectivity index (χ1n) is 9.58. The summed E-state index contributed by atoms with van der Waals surface area (Å²) < 4.78 is 11.7. The molecule has 0 amide bonds. The molecule has 0 saturated carbocycles. The molecule has 148 valence electrons. The third-order valence-electron chi connectivity index (χ3n) is 4.32. The highest BCUT2D eigenvalue weighted by Gasteiger charge is 2.08. The third kappa shape index (κ3) is 7.37. The van der Waals surface area contributed by atoms with Crippen LogP contribution in [0.1, 0.15) is 31.9 Å². The van der Waals surface area contributed by atoms with Crippen LogP contribution in [0, 0.1) is 0 Å². The number of aromatic nitrogens is 1. The van der Waals surface area contributed by atoms with E-state index >= 15 is 0 Å². The van der Waals surface area contributed by atoms with E-state index in [9.17, 15) is 0 Å². The van der Waals surface area contributed by atoms with E-state index < -0.39 is 0 Å². The summed E-state index contributed by atoms with van der Waals surface area (Å²) in [5.74, 6) is 1.50. The standard InChI is InChI=1S/C21H30ClN3O2/c1-4-25(5-2)12-11-23-14-17-7-9-19(20(13-17)26-6-3)27-16-18-8-10-21(22)24-15-18/h7-10,13,15,23H,4-6,11-12,14,16H2,1-3H3. The molecule has 1 N–H and O–H groups in total. The van der Waals surface area contributed by atoms with Crippen molar-refractivity contribution in [3.05, 3.63) is 52.8 Å². The van der Waals surface area contributed by atoms with Gasteiger partial charge in [0.2, 0.25) is 0 Å². The van der Waals surface area contributed by atoms with Crippen molar-refractivity contribution in [2.24, 2.45) is 0 Å². The van der Waals surface area contributed by atoms with Gasteiger partial charge in [-0.25, -0.2) is 4.98 Å². The van der Waals surface area contributed by atoms with Gasteiger partial charge in [0, 0.05) is 31.4 Å². The number of ether oxygens (including phenoxy) is 2. The zero-order chi connectivity index (χ0) is 19.5. The number of nitrogens with zero attached hydrogens (tertiary/aromatic N) is 2. The predicted molar refractivity (Wildman–Crippen MR) is 111 cm³/mol. The molecule has 1 aromatic carbocycles. The fourth-order valence-electron chi connectivity index (χ4n) is 2.71. The first-order chi connectivity index (χ1) is 13.2. The Kier molecular flexibility index (Phi) is 9.39. The predicted octanol–water partition coefficient (Wildman–Crippen LogP) is 4.14. The van der Waals surface area contributed by atoms with E-state index in [1.165, 1.54) is 5.56 Å². The van der Waals surface area contributed by atoms with Crippen molar-refractivity contribution in [2.45, 2.75) is 33.9 Å². The van der Waals surface area contributed by atoms with Crippen LogP contribution in [0.2, 0.25) is 5.15 Å². The minimum Gasteiger partial charge on any atom is -0.490 e. The van der Waals surface area contributed by atoms with E-state index in [4.69, 9.17) is 21.1 Å². The zero-order valence-corrected chi connectivity index (χ0v) is 17.3. The van der Waals surface area contributed by atoms with Gasteiger partial charge in [-0.3, -0.25) is 0 Å². The van der Waals surface area contributed by atoms with Crippen molar-refractivity contribution in [3.8, 4) is 11.5 Å². The summed E-state index contributed by atoms with van der Waals surface area (Å²) in [7, 11) is 0. The van der Waals surface area contributed by atoms with Crippen LogP contribution in [0.4, 0.5) is 0 Å². The van der Waals surface area contributed by atoms with Crippen molar-refractivity contribution in [2.75, 3.05) is 32.8 Å². The molecule has 1 aromatic heterocycles. The number of pyridine rings is 1. The lowest BCUT2D eigenvalue weighted by Gasteiger charge is -2.18. The Balaban J connectivity index is 1.91. The van der Waals surface area contributed by atoms with Gasteiger partial charge < -0.3 is 19.7 Å². The Morgan fingerprint density at radius 3 is 2.44 bits per heavy atom. The number of halogens is 1. The zero-order valence-electron chi connectivity index (χ0n) is 16.5. The molecular weight excluding hydrogens is 362 g/mol. The first-order valence-corrected chi connectivity index (χ1v) is 9.96. The fourth-order valence-corrected chi connectivity index (χ4v) is 2.82. The SMILES string of the molecule is CCOc1cc(CNCCN(CC)CC)ccc1OCc1ccc(Cl)nc1. The molecule has 0 saturated heterocycles. The normalized spacial score (nSPS) is 11.0. The molecule has 1 heterocycles. The van der Waals surface area contributed by atoms with Gasteiger partial charge in [0.15, 0.2) is 11.5 Å². The molecule has 0 radical (unpaired) electrons. The smallest absolute Gasteiger partial charge is 0.161 e. The lowest BCUT2D eigenvalue weighted by molar-refractivity contribution is 0.268. The number of nitrogens with one attached hydrogen (secondary N) is 1. The molecule has 0 bridgehead atoms. The second-order valence-electron chi connectivity index (χ2n) is 6.20. The Hall–Kier alpha value is -1.82. The van der Waals surface area contributed by atoms with Gasteiger partial charge >= 0.3 is 0 Å². The monoisotopic (exact) mass is 391 g/mol. The molecule has 0 fully saturated rings. The lowest BCUT2D eigenvalue weighted by atomic mass is 10.2. The Morgan fingerprint density at radius 2 is 1.78 bits per heavy atom. The molecule has 0 aliphatic rings. The molecule has 27 heavy (non-hydrogen) atoms. The summed E-state index contributed by atoms with van der Waals surface area (Å²) in [5.41, 5.74) is 2.14. The summed E-state index contributed by atoms with van der Waals surface area (Å²) in [5, 5.41) is 3.97. The van der Waals surface area contributed by atoms with E-state index in [-0.39, 0.29) is 0 Å². The molecule has 0 aliphatic heterocycles. The van der Waals surface area contributed by atoms with Crippen molar-refractivity contribution in [3.63, 3.8) is 0 Å². The van der Waals surface area contributed by atoms with E-state index in [1.807, 2.05) is 25.1 Å². The van der Waals surface area contributed by atoms with Gasteiger partial charge in [-0.15, -0.1) is 0 Å². The summed E-state index contributed by atoms with van der Waals surface area (Å²) in [4.78, 5) is 6.48. The van der Waals surface area contributed by atoms with Crippen molar-refractivity contribution < 1.29 is 9.47 Å². The van der Waals surface area contributed by atoms with E-state index in [1.54, 1.807) is 12.3 Å². The summed E-state index contributed by atoms with van der Waals surface area (Å²) in [6.07, 6.45) is 1.72. The van der Waals surface area contributed by atoms with Gasteiger partial charge in [-0.2, -0.15) is 0 Å². The van der Waals surface area contributed by atoms with Crippen LogP contribution in [0.3, 0.4) is 0 Å². The molecule has 6 heteroatoms. The second kappa shape index (κ2) is 11.8. The highest BCUT2D eigenvalue weighted by molar-refractivity contribution is 6.29. The average molecular weight is 392 g/mol. The van der Waals surface area contributed by atoms with Crippen LogP contribution in [0.5, 0.6) is 11.5 Å². The maximum atomic E-state index is 5.92. The average Bonchev–Trinajstić information content (AvgIpc) is 2.69. The summed E-state index contributed by atoms with van der Waals surface area (Å²) in [6.45, 7) is 12.4. The minimum absolute atomic E-state index is 0.422. The largest absolute Gasteiger partial charge is 0.490 e. The molecule has 0 unspecified atom stereocenters. The highest BCUT2D eigenvalue weighted by Crippen LogP contribution is 2.29. The molecule has 2 rings (SSSR count). The number of benzene rings is 1. The van der Waals surface area contributed by atoms with Gasteiger partial charge in [0.1, 0.15) is 11.8 Å². The fraction of sp³-hybridized carbons (Fsp3) is 0.476. The van der Waals surface area contributed by atoms with Crippen LogP contribution >= 0.6 is 11.6 Å². The van der Waals surface area contributed by atoms with Gasteiger partial charge in [-0.05, 0) is 43.8 Å². The van der Waals surface area contributed by atoms with Crippen LogP contribution in [-0.4, -0.2) is 42.7 Å². The van der Waals surface area contributed by atoms with E-state index in [2.05, 4.69) is 35.1 Å². The maximum Gasteiger partial charge on any atom is 0.161 e. The minimum atomic E-state index is 0.422. The van der Waals surface area contributed by atoms with E-state index in [0.29, 0.717) is 18.4 Å². The molecule has 2 aromatic rings. The Labute approximate surface area is 167 Å². The van der Waals surface area contributed by atoms with Gasteiger partial charge in [-0.1, -0.05) is 37.6 Å². The van der Waals surface area contributed by atoms with Crippen molar-refractivity contribution in [1.82, 2.24) is 15.2 Å². The second-order valence-corrected chi connectivity index (χ2v) is 6.58. The van der Waals surface area contributed by atoms with Crippen molar-refractivity contribution >= 4 is 11.6 Å². The third-order valence-corrected chi connectivity index (χ3v) is 4.54. The lowest BCUT2D eigenvalue weighted by Crippen LogP contribution is -2.31. The van der Waals surface area contributed by atoms with Crippen molar-refractivity contribution in [1.29, 1.82) is 0 Å². The van der Waals surface area contributed by atoms with Gasteiger partial charge in [0.25, 0.3) is 0 Å². The maximum absolute atomic E-state index is 5.92. The number of hydrogen-bond donors (Lipinski definition) is 1. The van der Waals surface area contributed by atoms with Crippen LogP contribution in [-0.2, 0) is 13.2 Å². The number of hydrogen-bond acceptors (Lipinski definition) is 5. The first kappa shape index (κ1) is 21.5. The Morgan fingerprint density at radius 1 is 1.00 bits per heavy atom. The molecule has 0 spiro atoms. The molecule has 5 nitrogen and oxygen atoms in total. The topological polar surface area (TPSA) is 46.6 Å². The highest BCUT2D eigenvalue weighted by atomic mass is 35.5. The van der Waals surface area contributed by atoms with E-state index in [0.717, 1.165) is 49.8 Å². The van der Waals surface area contributed by atoms with Gasteiger partial charge in [0.05, 0.1) is 6.61 Å². The molecule has 0 atom stereocenters. The number of rotatable bonds is 12. The summed E-state index contributed by atoms with van der Waals surface area (Å²) >= 11 is 5.82. The molecule has 0 aliphatic carbocycles. The summed E-state index contributed by atoms with van der Waals surface area (Å²) in [6, 6.07) is 9.75. The quantitative estimate of drug-likeness (QED) is 0.435. The van der Waals surface area contributed by atoms with Crippen LogP contribution in [0.25, 0.3) is 0 Å².